The molecule has 0 spiro atoms. The van der Waals surface area contributed by atoms with E-state index in [0.717, 1.165) is 37.2 Å². The van der Waals surface area contributed by atoms with Crippen LogP contribution in [-0.2, 0) is 10.9 Å². The summed E-state index contributed by atoms with van der Waals surface area (Å²) in [7, 11) is -1.20. The summed E-state index contributed by atoms with van der Waals surface area (Å²) >= 11 is 0. The predicted octanol–water partition coefficient (Wildman–Crippen LogP) is 7.91. The van der Waals surface area contributed by atoms with E-state index in [0.29, 0.717) is 19.1 Å². The Balaban J connectivity index is 0.00000201. The van der Waals surface area contributed by atoms with E-state index in [9.17, 15) is 4.89 Å². The second-order valence-corrected chi connectivity index (χ2v) is 9.56. The summed E-state index contributed by atoms with van der Waals surface area (Å²) in [6.45, 7) is 11.5. The minimum Gasteiger partial charge on any atom is -0.497 e. The fourth-order valence-corrected chi connectivity index (χ4v) is 3.63. The van der Waals surface area contributed by atoms with Gasteiger partial charge in [0, 0.05) is 12.5 Å². The first kappa shape index (κ1) is 31.8. The Morgan fingerprint density at radius 3 is 2.21 bits per heavy atom. The number of benzene rings is 2. The first-order valence-electron chi connectivity index (χ1n) is 12.3. The maximum atomic E-state index is 9.69. The smallest absolute Gasteiger partial charge is 0.188 e. The molecule has 190 valence electrons. The predicted molar refractivity (Wildman–Crippen MR) is 149 cm³/mol. The molecule has 2 rings (SSSR count). The fourth-order valence-electron chi connectivity index (χ4n) is 3.12. The number of ether oxygens (including phenoxy) is 2. The van der Waals surface area contributed by atoms with Gasteiger partial charge in [-0.25, -0.2) is 0 Å². The number of methoxy groups -OCH3 is 1. The van der Waals surface area contributed by atoms with Gasteiger partial charge in [-0.05, 0) is 60.4 Å². The lowest BCUT2D eigenvalue weighted by molar-refractivity contribution is 0.299. The van der Waals surface area contributed by atoms with Crippen LogP contribution in [0.4, 0.5) is 0 Å². The molecule has 0 saturated heterocycles. The van der Waals surface area contributed by atoms with Crippen LogP contribution in [0.5, 0.6) is 11.5 Å². The van der Waals surface area contributed by atoms with Gasteiger partial charge in [0.1, 0.15) is 11.5 Å². The zero-order valence-electron chi connectivity index (χ0n) is 22.0. The van der Waals surface area contributed by atoms with E-state index in [1.807, 2.05) is 38.1 Å². The Morgan fingerprint density at radius 1 is 1.03 bits per heavy atom. The minimum atomic E-state index is -2.85. The summed E-state index contributed by atoms with van der Waals surface area (Å²) in [5.41, 5.74) is 4.80. The van der Waals surface area contributed by atoms with Crippen LogP contribution in [0.1, 0.15) is 77.3 Å². The van der Waals surface area contributed by atoms with Gasteiger partial charge < -0.3 is 18.9 Å². The summed E-state index contributed by atoms with van der Waals surface area (Å²) < 4.78 is 16.4. The van der Waals surface area contributed by atoms with Crippen LogP contribution in [0.3, 0.4) is 0 Å². The molecule has 1 N–H and O–H groups in total. The van der Waals surface area contributed by atoms with Crippen LogP contribution in [0, 0.1) is 12.1 Å². The monoisotopic (exact) mass is 488 g/mol. The highest BCUT2D eigenvalue weighted by molar-refractivity contribution is 7.68. The van der Waals surface area contributed by atoms with Gasteiger partial charge >= 0.3 is 0 Å². The van der Waals surface area contributed by atoms with E-state index < -0.39 is 7.34 Å². The van der Waals surface area contributed by atoms with Gasteiger partial charge in [-0.2, -0.15) is 0 Å². The lowest BCUT2D eigenvalue weighted by Crippen LogP contribution is -2.03. The summed E-state index contributed by atoms with van der Waals surface area (Å²) in [6.07, 6.45) is 13.7. The highest BCUT2D eigenvalue weighted by Gasteiger charge is 2.11. The van der Waals surface area contributed by atoms with Gasteiger partial charge in [-0.15, -0.1) is 6.42 Å². The van der Waals surface area contributed by atoms with E-state index in [1.165, 1.54) is 17.5 Å². The molecule has 0 aromatic heterocycles. The largest absolute Gasteiger partial charge is 0.497 e. The second-order valence-electron chi connectivity index (χ2n) is 7.64. The maximum absolute atomic E-state index is 9.69. The molecule has 0 fully saturated rings. The van der Waals surface area contributed by atoms with E-state index in [1.54, 1.807) is 7.11 Å². The first-order valence-corrected chi connectivity index (χ1v) is 14.2. The van der Waals surface area contributed by atoms with Gasteiger partial charge in [0.2, 0.25) is 0 Å². The molecule has 0 aliphatic rings. The van der Waals surface area contributed by atoms with E-state index >= 15 is 0 Å². The van der Waals surface area contributed by atoms with Crippen LogP contribution < -0.4 is 9.47 Å². The van der Waals surface area contributed by atoms with Gasteiger partial charge in [-0.3, -0.25) is 0 Å². The molecule has 34 heavy (non-hydrogen) atoms. The minimum absolute atomic E-state index is 0.439. The zero-order chi connectivity index (χ0) is 25.8. The van der Waals surface area contributed by atoms with Crippen LogP contribution in [0.2, 0.25) is 0 Å². The molecule has 0 aliphatic heterocycles. The average molecular weight is 489 g/mol. The third kappa shape index (κ3) is 13.5. The molecule has 0 radical (unpaired) electrons. The Morgan fingerprint density at radius 2 is 1.65 bits per heavy atom. The molecule has 2 unspecified atom stereocenters. The molecule has 0 amide bonds. The normalized spacial score (nSPS) is 12.5. The van der Waals surface area contributed by atoms with Gasteiger partial charge in [0.25, 0.3) is 0 Å². The Hall–Kier alpha value is -2.18. The molecule has 0 bridgehead atoms. The van der Waals surface area contributed by atoms with Crippen molar-refractivity contribution in [2.24, 2.45) is 0 Å². The second kappa shape index (κ2) is 19.2. The summed E-state index contributed by atoms with van der Waals surface area (Å²) in [6, 6.07) is 16.4. The zero-order valence-corrected chi connectivity index (χ0v) is 22.9. The molecule has 0 saturated carbocycles. The molecule has 2 aromatic carbocycles. The lowest BCUT2D eigenvalue weighted by atomic mass is 9.91. The topological polar surface area (TPSA) is 47.9 Å². The first-order chi connectivity index (χ1) is 16.4. The van der Waals surface area contributed by atoms with Crippen molar-refractivity contribution in [1.29, 1.82) is 0 Å². The Bertz CT molecular complexity index is 855. The number of terminal acetylenes is 1. The van der Waals surface area contributed by atoms with Crippen molar-refractivity contribution in [3.63, 3.8) is 0 Å². The quantitative estimate of drug-likeness (QED) is 0.187. The average Bonchev–Trinajstić information content (AvgIpc) is 2.86. The molecule has 0 heterocycles. The number of rotatable bonds is 12. The van der Waals surface area contributed by atoms with Crippen molar-refractivity contribution in [3.05, 3.63) is 59.7 Å². The third-order valence-electron chi connectivity index (χ3n) is 4.85. The van der Waals surface area contributed by atoms with E-state index in [-0.39, 0.29) is 0 Å². The highest BCUT2D eigenvalue weighted by Crippen LogP contribution is 2.39. The van der Waals surface area contributed by atoms with Crippen molar-refractivity contribution in [3.8, 4) is 23.6 Å². The third-order valence-corrected chi connectivity index (χ3v) is 5.86. The molecular formula is C29H45O4P. The Kier molecular flexibility index (Phi) is 17.9. The van der Waals surface area contributed by atoms with Crippen LogP contribution in [-0.4, -0.2) is 31.5 Å². The fraction of sp³-hybridized carbons (Fsp3) is 0.483. The summed E-state index contributed by atoms with van der Waals surface area (Å²) in [5.74, 6) is 2.07. The van der Waals surface area contributed by atoms with Crippen molar-refractivity contribution < 1.29 is 18.9 Å². The van der Waals surface area contributed by atoms with Crippen LogP contribution in [0.15, 0.2) is 48.5 Å². The lowest BCUT2D eigenvalue weighted by Gasteiger charge is -2.17. The molecule has 0 aliphatic carbocycles. The van der Waals surface area contributed by atoms with Crippen molar-refractivity contribution >= 4 is 13.6 Å². The van der Waals surface area contributed by atoms with Crippen LogP contribution >= 0.6 is 7.34 Å². The van der Waals surface area contributed by atoms with E-state index in [2.05, 4.69) is 57.0 Å². The standard InChI is InChI=1S/C24H31O4P.C3H8.C2H6/c1-5-21(9-8-17-28-29(4,25)6-2)22-14-12-20(13-15-22)16-18-27-24-11-7-10-23(19-24)26-3;1-3-2;1-2/h2,7,10-15,19,21,25H,4-5,8-9,16-18H2,1,3H3;3H2,1-2H3;1-2H3. The summed E-state index contributed by atoms with van der Waals surface area (Å²) in [4.78, 5) is 9.69. The Labute approximate surface area is 208 Å². The number of hydrogen-bond acceptors (Lipinski definition) is 4. The van der Waals surface area contributed by atoms with Gasteiger partial charge in [0.15, 0.2) is 7.34 Å². The van der Waals surface area contributed by atoms with Crippen molar-refractivity contribution in [2.75, 3.05) is 20.3 Å². The molecule has 2 atom stereocenters. The summed E-state index contributed by atoms with van der Waals surface area (Å²) in [5, 5.41) is 0. The SMILES string of the molecule is C#CP(=C)(O)OCCCC(CC)c1ccc(CCOc2cccc(OC)c2)cc1.CC.CCC. The van der Waals surface area contributed by atoms with Gasteiger partial charge in [-0.1, -0.05) is 71.4 Å². The molecule has 4 nitrogen and oxygen atoms in total. The van der Waals surface area contributed by atoms with Crippen molar-refractivity contribution in [1.82, 2.24) is 0 Å². The molecular weight excluding hydrogens is 443 g/mol. The molecule has 2 aromatic rings. The van der Waals surface area contributed by atoms with Gasteiger partial charge in [0.05, 0.1) is 20.3 Å². The molecule has 5 heteroatoms. The van der Waals surface area contributed by atoms with Crippen LogP contribution in [0.25, 0.3) is 0 Å². The van der Waals surface area contributed by atoms with Crippen molar-refractivity contribution in [2.45, 2.75) is 72.6 Å². The number of hydrogen-bond donors (Lipinski definition) is 1. The highest BCUT2D eigenvalue weighted by atomic mass is 31.2. The maximum Gasteiger partial charge on any atom is 0.188 e. The van der Waals surface area contributed by atoms with E-state index in [4.69, 9.17) is 20.4 Å².